The Labute approximate surface area is 227 Å². The van der Waals surface area contributed by atoms with Gasteiger partial charge >= 0.3 is 0 Å². The maximum absolute atomic E-state index is 14.6. The summed E-state index contributed by atoms with van der Waals surface area (Å²) in [4.78, 5) is 25.2. The van der Waals surface area contributed by atoms with Crippen molar-refractivity contribution in [2.75, 3.05) is 5.32 Å². The molecule has 192 valence electrons. The molecule has 7 rings (SSSR count). The third-order valence-corrected chi connectivity index (χ3v) is 6.83. The molecule has 0 radical (unpaired) electrons. The lowest BCUT2D eigenvalue weighted by Crippen LogP contribution is -2.11. The van der Waals surface area contributed by atoms with E-state index in [2.05, 4.69) is 25.5 Å². The average Bonchev–Trinajstić information content (AvgIpc) is 3.62. The first-order chi connectivity index (χ1) is 19.6. The standard InChI is InChI=1S/C32H21FN6O/c33-26-11-5-4-9-23(26)24-10-6-12-28-29(24)37-31(36-28)30-25-16-20(13-14-27(25)38-39-30)21-15-22(18-34-17-21)35-32(40)19-7-2-1-3-8-19/h1-18H,(H,35,40)(H,36,37)(H,38,39). The number of nitrogens with one attached hydrogen (secondary N) is 3. The van der Waals surface area contributed by atoms with E-state index in [1.807, 2.05) is 66.7 Å². The number of anilines is 1. The molecule has 4 aromatic carbocycles. The van der Waals surface area contributed by atoms with Gasteiger partial charge in [-0.15, -0.1) is 0 Å². The van der Waals surface area contributed by atoms with Crippen LogP contribution in [-0.2, 0) is 0 Å². The minimum Gasteiger partial charge on any atom is -0.337 e. The minimum atomic E-state index is -0.301. The lowest BCUT2D eigenvalue weighted by atomic mass is 10.0. The Balaban J connectivity index is 1.26. The number of amides is 1. The summed E-state index contributed by atoms with van der Waals surface area (Å²) in [5, 5.41) is 11.4. The van der Waals surface area contributed by atoms with Gasteiger partial charge in [0.2, 0.25) is 0 Å². The molecular weight excluding hydrogens is 503 g/mol. The Morgan fingerprint density at radius 2 is 1.60 bits per heavy atom. The van der Waals surface area contributed by atoms with E-state index >= 15 is 0 Å². The molecule has 3 heterocycles. The summed E-state index contributed by atoms with van der Waals surface area (Å²) in [6, 6.07) is 29.2. The SMILES string of the molecule is O=C(Nc1cncc(-c2ccc3[nH]nc(-c4nc5c(-c6ccccc6F)cccc5[nH]4)c3c2)c1)c1ccccc1. The van der Waals surface area contributed by atoms with Crippen LogP contribution >= 0.6 is 0 Å². The van der Waals surface area contributed by atoms with E-state index in [0.29, 0.717) is 39.4 Å². The van der Waals surface area contributed by atoms with Crippen molar-refractivity contribution in [1.29, 1.82) is 0 Å². The molecule has 7 aromatic rings. The van der Waals surface area contributed by atoms with Crippen LogP contribution < -0.4 is 5.32 Å². The molecule has 0 aliphatic heterocycles. The Hall–Kier alpha value is -5.63. The number of aromatic nitrogens is 5. The van der Waals surface area contributed by atoms with Crippen molar-refractivity contribution in [3.8, 4) is 33.8 Å². The number of fused-ring (bicyclic) bond motifs is 2. The second-order valence-electron chi connectivity index (χ2n) is 9.38. The van der Waals surface area contributed by atoms with Crippen molar-refractivity contribution in [2.45, 2.75) is 0 Å². The van der Waals surface area contributed by atoms with E-state index in [0.717, 1.165) is 27.5 Å². The smallest absolute Gasteiger partial charge is 0.255 e. The van der Waals surface area contributed by atoms with Gasteiger partial charge in [-0.2, -0.15) is 5.10 Å². The summed E-state index contributed by atoms with van der Waals surface area (Å²) in [6.07, 6.45) is 3.37. The maximum atomic E-state index is 14.6. The van der Waals surface area contributed by atoms with Gasteiger partial charge in [0.1, 0.15) is 11.5 Å². The van der Waals surface area contributed by atoms with Crippen molar-refractivity contribution >= 4 is 33.5 Å². The number of hydrogen-bond acceptors (Lipinski definition) is 4. The fourth-order valence-corrected chi connectivity index (χ4v) is 4.87. The fraction of sp³-hybridized carbons (Fsp3) is 0. The van der Waals surface area contributed by atoms with Crippen LogP contribution in [0.5, 0.6) is 0 Å². The van der Waals surface area contributed by atoms with E-state index in [1.165, 1.54) is 6.07 Å². The van der Waals surface area contributed by atoms with Gasteiger partial charge in [-0.25, -0.2) is 9.37 Å². The number of benzene rings is 4. The first-order valence-corrected chi connectivity index (χ1v) is 12.7. The molecule has 7 nitrogen and oxygen atoms in total. The predicted molar refractivity (Wildman–Crippen MR) is 154 cm³/mol. The number of rotatable bonds is 5. The van der Waals surface area contributed by atoms with Gasteiger partial charge in [-0.05, 0) is 48.0 Å². The highest BCUT2D eigenvalue weighted by Gasteiger charge is 2.17. The van der Waals surface area contributed by atoms with E-state index < -0.39 is 0 Å². The molecule has 0 saturated carbocycles. The number of pyridine rings is 1. The molecule has 0 spiro atoms. The molecule has 40 heavy (non-hydrogen) atoms. The number of para-hydroxylation sites is 1. The van der Waals surface area contributed by atoms with Crippen molar-refractivity contribution in [3.63, 3.8) is 0 Å². The van der Waals surface area contributed by atoms with Crippen LogP contribution in [0, 0.1) is 5.82 Å². The summed E-state index contributed by atoms with van der Waals surface area (Å²) >= 11 is 0. The number of carbonyl (C=O) groups excluding carboxylic acids is 1. The third-order valence-electron chi connectivity index (χ3n) is 6.83. The number of carbonyl (C=O) groups is 1. The quantitative estimate of drug-likeness (QED) is 0.221. The largest absolute Gasteiger partial charge is 0.337 e. The van der Waals surface area contributed by atoms with E-state index in [1.54, 1.807) is 36.7 Å². The van der Waals surface area contributed by atoms with Crippen molar-refractivity contribution in [2.24, 2.45) is 0 Å². The second-order valence-corrected chi connectivity index (χ2v) is 9.38. The highest BCUT2D eigenvalue weighted by atomic mass is 19.1. The van der Waals surface area contributed by atoms with E-state index in [4.69, 9.17) is 4.98 Å². The van der Waals surface area contributed by atoms with Gasteiger partial charge in [0.05, 0.1) is 28.4 Å². The highest BCUT2D eigenvalue weighted by molar-refractivity contribution is 6.04. The predicted octanol–water partition coefficient (Wildman–Crippen LogP) is 7.23. The Morgan fingerprint density at radius 3 is 2.48 bits per heavy atom. The molecular formula is C32H21FN6O. The molecule has 0 aliphatic rings. The van der Waals surface area contributed by atoms with Crippen molar-refractivity contribution < 1.29 is 9.18 Å². The maximum Gasteiger partial charge on any atom is 0.255 e. The van der Waals surface area contributed by atoms with E-state index in [-0.39, 0.29) is 11.7 Å². The zero-order valence-electron chi connectivity index (χ0n) is 21.0. The summed E-state index contributed by atoms with van der Waals surface area (Å²) in [7, 11) is 0. The molecule has 0 atom stereocenters. The lowest BCUT2D eigenvalue weighted by molar-refractivity contribution is 0.102. The molecule has 0 bridgehead atoms. The van der Waals surface area contributed by atoms with Gasteiger partial charge in [-0.1, -0.05) is 54.6 Å². The van der Waals surface area contributed by atoms with Crippen molar-refractivity contribution in [3.05, 3.63) is 121 Å². The second kappa shape index (κ2) is 9.59. The first kappa shape index (κ1) is 23.5. The molecule has 0 aliphatic carbocycles. The fourth-order valence-electron chi connectivity index (χ4n) is 4.87. The number of H-pyrrole nitrogens is 2. The zero-order chi connectivity index (χ0) is 27.1. The Kier molecular flexibility index (Phi) is 5.63. The van der Waals surface area contributed by atoms with Crippen LogP contribution in [0.25, 0.3) is 55.7 Å². The van der Waals surface area contributed by atoms with Crippen LogP contribution in [0.3, 0.4) is 0 Å². The Bertz CT molecular complexity index is 2030. The highest BCUT2D eigenvalue weighted by Crippen LogP contribution is 2.34. The molecule has 1 amide bonds. The summed E-state index contributed by atoms with van der Waals surface area (Å²) in [6.45, 7) is 0. The van der Waals surface area contributed by atoms with Crippen molar-refractivity contribution in [1.82, 2.24) is 25.1 Å². The molecule has 0 unspecified atom stereocenters. The molecule has 8 heteroatoms. The molecule has 0 fully saturated rings. The molecule has 0 saturated heterocycles. The van der Waals surface area contributed by atoms with Gasteiger partial charge < -0.3 is 10.3 Å². The van der Waals surface area contributed by atoms with Gasteiger partial charge in [0.15, 0.2) is 5.82 Å². The average molecular weight is 525 g/mol. The van der Waals surface area contributed by atoms with Gasteiger partial charge in [0.25, 0.3) is 5.91 Å². The van der Waals surface area contributed by atoms with Gasteiger partial charge in [0, 0.05) is 33.8 Å². The normalized spacial score (nSPS) is 11.2. The Morgan fingerprint density at radius 1 is 0.775 bits per heavy atom. The summed E-state index contributed by atoms with van der Waals surface area (Å²) in [5.41, 5.74) is 7.05. The minimum absolute atomic E-state index is 0.202. The topological polar surface area (TPSA) is 99.3 Å². The number of halogens is 1. The number of aromatic amines is 2. The summed E-state index contributed by atoms with van der Waals surface area (Å²) in [5.74, 6) is 0.0705. The number of hydrogen-bond donors (Lipinski definition) is 3. The monoisotopic (exact) mass is 524 g/mol. The van der Waals surface area contributed by atoms with E-state index in [9.17, 15) is 9.18 Å². The van der Waals surface area contributed by atoms with Crippen LogP contribution in [0.15, 0.2) is 109 Å². The number of nitrogens with zero attached hydrogens (tertiary/aromatic N) is 3. The lowest BCUT2D eigenvalue weighted by Gasteiger charge is -2.08. The first-order valence-electron chi connectivity index (χ1n) is 12.7. The summed E-state index contributed by atoms with van der Waals surface area (Å²) < 4.78 is 14.6. The van der Waals surface area contributed by atoms with Crippen LogP contribution in [0.4, 0.5) is 10.1 Å². The zero-order valence-corrected chi connectivity index (χ0v) is 21.0. The van der Waals surface area contributed by atoms with Gasteiger partial charge in [-0.3, -0.25) is 14.9 Å². The third kappa shape index (κ3) is 4.17. The molecule has 3 N–H and O–H groups in total. The van der Waals surface area contributed by atoms with Crippen LogP contribution in [0.1, 0.15) is 10.4 Å². The number of imidazole rings is 1. The van der Waals surface area contributed by atoms with Crippen LogP contribution in [-0.4, -0.2) is 31.1 Å². The van der Waals surface area contributed by atoms with Crippen LogP contribution in [0.2, 0.25) is 0 Å². The molecule has 3 aromatic heterocycles.